The highest BCUT2D eigenvalue weighted by atomic mass is 35.5. The number of amides is 1. The molecule has 0 aliphatic heterocycles. The first kappa shape index (κ1) is 18.9. The summed E-state index contributed by atoms with van der Waals surface area (Å²) in [5.74, 6) is 0.795. The fraction of sp³-hybridized carbons (Fsp3) is 0.182. The van der Waals surface area contributed by atoms with Crippen molar-refractivity contribution in [1.82, 2.24) is 4.98 Å². The molecule has 0 N–H and O–H groups in total. The Morgan fingerprint density at radius 3 is 2.41 bits per heavy atom. The van der Waals surface area contributed by atoms with Crippen LogP contribution in [0.1, 0.15) is 18.2 Å². The van der Waals surface area contributed by atoms with Gasteiger partial charge in [0.05, 0.1) is 25.3 Å². The van der Waals surface area contributed by atoms with Crippen molar-refractivity contribution in [2.24, 2.45) is 0 Å². The summed E-state index contributed by atoms with van der Waals surface area (Å²) in [6, 6.07) is 20.6. The predicted octanol–water partition coefficient (Wildman–Crippen LogP) is 4.91. The van der Waals surface area contributed by atoms with Crippen molar-refractivity contribution in [2.45, 2.75) is 19.9 Å². The topological polar surface area (TPSA) is 42.4 Å². The van der Waals surface area contributed by atoms with E-state index in [2.05, 4.69) is 4.98 Å². The molecule has 27 heavy (non-hydrogen) atoms. The molecule has 1 aromatic heterocycles. The van der Waals surface area contributed by atoms with E-state index in [1.54, 1.807) is 23.2 Å². The molecule has 138 valence electrons. The first-order valence-electron chi connectivity index (χ1n) is 8.83. The number of rotatable bonds is 7. The van der Waals surface area contributed by atoms with Crippen molar-refractivity contribution >= 4 is 23.2 Å². The van der Waals surface area contributed by atoms with Crippen LogP contribution in [0.15, 0.2) is 72.9 Å². The molecule has 2 aromatic carbocycles. The van der Waals surface area contributed by atoms with Gasteiger partial charge < -0.3 is 9.64 Å². The van der Waals surface area contributed by atoms with Crippen molar-refractivity contribution < 1.29 is 9.53 Å². The normalized spacial score (nSPS) is 10.4. The second-order valence-electron chi connectivity index (χ2n) is 6.03. The molecule has 0 radical (unpaired) electrons. The van der Waals surface area contributed by atoms with E-state index in [9.17, 15) is 4.79 Å². The molecule has 1 amide bonds. The number of carbonyl (C=O) groups excluding carboxylic acids is 1. The number of benzene rings is 2. The van der Waals surface area contributed by atoms with E-state index in [0.717, 1.165) is 22.7 Å². The molecule has 0 bridgehead atoms. The third kappa shape index (κ3) is 5.31. The SMILES string of the molecule is CCOc1ccc(CC(=O)N(Cc2ccccn2)c2ccc(Cl)cc2)cc1. The smallest absolute Gasteiger partial charge is 0.231 e. The highest BCUT2D eigenvalue weighted by Crippen LogP contribution is 2.21. The summed E-state index contributed by atoms with van der Waals surface area (Å²) in [4.78, 5) is 19.1. The maximum Gasteiger partial charge on any atom is 0.231 e. The predicted molar refractivity (Wildman–Crippen MR) is 108 cm³/mol. The average Bonchev–Trinajstić information content (AvgIpc) is 2.69. The Hall–Kier alpha value is -2.85. The molecule has 0 fully saturated rings. The first-order chi connectivity index (χ1) is 13.2. The lowest BCUT2D eigenvalue weighted by atomic mass is 10.1. The van der Waals surface area contributed by atoms with Crippen molar-refractivity contribution in [3.8, 4) is 5.75 Å². The zero-order valence-electron chi connectivity index (χ0n) is 15.1. The number of aromatic nitrogens is 1. The third-order valence-electron chi connectivity index (χ3n) is 4.08. The summed E-state index contributed by atoms with van der Waals surface area (Å²) < 4.78 is 5.46. The van der Waals surface area contributed by atoms with Gasteiger partial charge in [0.1, 0.15) is 5.75 Å². The summed E-state index contributed by atoms with van der Waals surface area (Å²) in [6.07, 6.45) is 2.02. The minimum atomic E-state index is -0.00728. The molecular weight excluding hydrogens is 360 g/mol. The molecule has 3 rings (SSSR count). The van der Waals surface area contributed by atoms with Gasteiger partial charge in [0, 0.05) is 16.9 Å². The minimum Gasteiger partial charge on any atom is -0.494 e. The molecule has 0 aliphatic carbocycles. The summed E-state index contributed by atoms with van der Waals surface area (Å²) in [5.41, 5.74) is 2.55. The number of nitrogens with zero attached hydrogens (tertiary/aromatic N) is 2. The largest absolute Gasteiger partial charge is 0.494 e. The molecule has 0 saturated heterocycles. The molecule has 4 nitrogen and oxygen atoms in total. The Balaban J connectivity index is 1.80. The van der Waals surface area contributed by atoms with Crippen LogP contribution in [-0.4, -0.2) is 17.5 Å². The molecule has 0 aliphatic rings. The second kappa shape index (κ2) is 9.19. The van der Waals surface area contributed by atoms with Crippen LogP contribution in [0.3, 0.4) is 0 Å². The second-order valence-corrected chi connectivity index (χ2v) is 6.47. The Kier molecular flexibility index (Phi) is 6.44. The van der Waals surface area contributed by atoms with E-state index in [1.807, 2.05) is 61.5 Å². The van der Waals surface area contributed by atoms with Gasteiger partial charge in [-0.15, -0.1) is 0 Å². The van der Waals surface area contributed by atoms with Crippen LogP contribution >= 0.6 is 11.6 Å². The number of carbonyl (C=O) groups is 1. The summed E-state index contributed by atoms with van der Waals surface area (Å²) in [6.45, 7) is 2.96. The van der Waals surface area contributed by atoms with Gasteiger partial charge in [-0.05, 0) is 61.0 Å². The number of pyridine rings is 1. The molecule has 3 aromatic rings. The molecule has 1 heterocycles. The average molecular weight is 381 g/mol. The molecule has 0 spiro atoms. The van der Waals surface area contributed by atoms with Gasteiger partial charge in [-0.2, -0.15) is 0 Å². The van der Waals surface area contributed by atoms with E-state index >= 15 is 0 Å². The molecule has 0 saturated carbocycles. The van der Waals surface area contributed by atoms with Gasteiger partial charge >= 0.3 is 0 Å². The van der Waals surface area contributed by atoms with Crippen LogP contribution in [0.5, 0.6) is 5.75 Å². The highest BCUT2D eigenvalue weighted by Gasteiger charge is 2.17. The number of hydrogen-bond donors (Lipinski definition) is 0. The van der Waals surface area contributed by atoms with E-state index in [-0.39, 0.29) is 5.91 Å². The fourth-order valence-corrected chi connectivity index (χ4v) is 2.86. The monoisotopic (exact) mass is 380 g/mol. The molecular formula is C22H21ClN2O2. The van der Waals surface area contributed by atoms with Gasteiger partial charge in [-0.1, -0.05) is 29.8 Å². The Morgan fingerprint density at radius 1 is 1.04 bits per heavy atom. The Bertz CT molecular complexity index is 865. The van der Waals surface area contributed by atoms with Crippen LogP contribution < -0.4 is 9.64 Å². The number of hydrogen-bond acceptors (Lipinski definition) is 3. The zero-order valence-corrected chi connectivity index (χ0v) is 15.9. The zero-order chi connectivity index (χ0) is 19.1. The molecule has 0 unspecified atom stereocenters. The number of halogens is 1. The lowest BCUT2D eigenvalue weighted by molar-refractivity contribution is -0.118. The lowest BCUT2D eigenvalue weighted by Crippen LogP contribution is -2.32. The summed E-state index contributed by atoms with van der Waals surface area (Å²) in [7, 11) is 0. The highest BCUT2D eigenvalue weighted by molar-refractivity contribution is 6.30. The van der Waals surface area contributed by atoms with Crippen LogP contribution in [0.4, 0.5) is 5.69 Å². The number of ether oxygens (including phenoxy) is 1. The minimum absolute atomic E-state index is 0.00728. The Morgan fingerprint density at radius 2 is 1.78 bits per heavy atom. The van der Waals surface area contributed by atoms with E-state index in [0.29, 0.717) is 24.6 Å². The third-order valence-corrected chi connectivity index (χ3v) is 4.33. The van der Waals surface area contributed by atoms with Gasteiger partial charge in [0.2, 0.25) is 5.91 Å². The summed E-state index contributed by atoms with van der Waals surface area (Å²) in [5, 5.41) is 0.635. The van der Waals surface area contributed by atoms with Crippen LogP contribution in [0.2, 0.25) is 5.02 Å². The molecule has 5 heteroatoms. The van der Waals surface area contributed by atoms with Gasteiger partial charge in [0.15, 0.2) is 0 Å². The van der Waals surface area contributed by atoms with E-state index < -0.39 is 0 Å². The fourth-order valence-electron chi connectivity index (χ4n) is 2.74. The van der Waals surface area contributed by atoms with Crippen LogP contribution in [-0.2, 0) is 17.8 Å². The maximum atomic E-state index is 13.0. The number of anilines is 1. The van der Waals surface area contributed by atoms with Gasteiger partial charge in [-0.3, -0.25) is 9.78 Å². The van der Waals surface area contributed by atoms with Crippen molar-refractivity contribution in [1.29, 1.82) is 0 Å². The van der Waals surface area contributed by atoms with Gasteiger partial charge in [0.25, 0.3) is 0 Å². The van der Waals surface area contributed by atoms with Gasteiger partial charge in [-0.25, -0.2) is 0 Å². The van der Waals surface area contributed by atoms with E-state index in [1.165, 1.54) is 0 Å². The Labute approximate surface area is 164 Å². The van der Waals surface area contributed by atoms with E-state index in [4.69, 9.17) is 16.3 Å². The maximum absolute atomic E-state index is 13.0. The molecule has 0 atom stereocenters. The standard InChI is InChI=1S/C22H21ClN2O2/c1-2-27-21-12-6-17(7-13-21)15-22(26)25(16-19-5-3-4-14-24-19)20-10-8-18(23)9-11-20/h3-14H,2,15-16H2,1H3. The van der Waals surface area contributed by atoms with Crippen molar-refractivity contribution in [3.63, 3.8) is 0 Å². The first-order valence-corrected chi connectivity index (χ1v) is 9.21. The summed E-state index contributed by atoms with van der Waals surface area (Å²) >= 11 is 6.00. The van der Waals surface area contributed by atoms with Crippen LogP contribution in [0, 0.1) is 0 Å². The van der Waals surface area contributed by atoms with Crippen molar-refractivity contribution in [3.05, 3.63) is 89.2 Å². The van der Waals surface area contributed by atoms with Crippen LogP contribution in [0.25, 0.3) is 0 Å². The quantitative estimate of drug-likeness (QED) is 0.584. The lowest BCUT2D eigenvalue weighted by Gasteiger charge is -2.23. The van der Waals surface area contributed by atoms with Crippen molar-refractivity contribution in [2.75, 3.05) is 11.5 Å².